The van der Waals surface area contributed by atoms with Crippen LogP contribution in [-0.2, 0) is 14.3 Å². The summed E-state index contributed by atoms with van der Waals surface area (Å²) in [6.45, 7) is 6.94. The molecule has 2 heterocycles. The Morgan fingerprint density at radius 2 is 1.73 bits per heavy atom. The second-order valence-corrected chi connectivity index (χ2v) is 9.74. The molecule has 0 aliphatic carbocycles. The van der Waals surface area contributed by atoms with Crippen LogP contribution in [-0.4, -0.2) is 55.7 Å². The molecular formula is C29H28N2O8S. The summed E-state index contributed by atoms with van der Waals surface area (Å²) in [6.07, 6.45) is 1.44. The molecule has 1 aromatic heterocycles. The summed E-state index contributed by atoms with van der Waals surface area (Å²) in [4.78, 5) is 45.4. The minimum Gasteiger partial charge on any atom is -0.507 e. The normalized spacial score (nSPS) is 16.1. The Labute approximate surface area is 235 Å². The van der Waals surface area contributed by atoms with E-state index in [-0.39, 0.29) is 27.9 Å². The summed E-state index contributed by atoms with van der Waals surface area (Å²) in [5, 5.41) is 11.5. The van der Waals surface area contributed by atoms with Gasteiger partial charge in [0.2, 0.25) is 0 Å². The molecule has 4 rings (SSSR count). The second kappa shape index (κ2) is 11.6. The number of ether oxygens (including phenoxy) is 4. The van der Waals surface area contributed by atoms with E-state index >= 15 is 0 Å². The Kier molecular flexibility index (Phi) is 8.24. The average molecular weight is 565 g/mol. The highest BCUT2D eigenvalue weighted by molar-refractivity contribution is 7.17. The van der Waals surface area contributed by atoms with Crippen LogP contribution in [0.5, 0.6) is 17.2 Å². The van der Waals surface area contributed by atoms with E-state index < -0.39 is 23.7 Å². The highest BCUT2D eigenvalue weighted by Crippen LogP contribution is 2.45. The van der Waals surface area contributed by atoms with E-state index in [4.69, 9.17) is 18.9 Å². The maximum atomic E-state index is 13.5. The maximum absolute atomic E-state index is 13.5. The molecule has 11 heteroatoms. The first-order chi connectivity index (χ1) is 19.2. The van der Waals surface area contributed by atoms with Crippen LogP contribution in [0.3, 0.4) is 0 Å². The number of aromatic nitrogens is 1. The zero-order valence-electron chi connectivity index (χ0n) is 22.6. The number of methoxy groups -OCH3 is 3. The lowest BCUT2D eigenvalue weighted by Crippen LogP contribution is -2.29. The van der Waals surface area contributed by atoms with Crippen LogP contribution in [0.4, 0.5) is 5.13 Å². The molecule has 1 N–H and O–H groups in total. The largest absolute Gasteiger partial charge is 0.507 e. The number of anilines is 1. The summed E-state index contributed by atoms with van der Waals surface area (Å²) < 4.78 is 21.3. The van der Waals surface area contributed by atoms with Crippen molar-refractivity contribution in [3.63, 3.8) is 0 Å². The van der Waals surface area contributed by atoms with Gasteiger partial charge in [0.05, 0.1) is 38.6 Å². The molecule has 1 saturated heterocycles. The lowest BCUT2D eigenvalue weighted by molar-refractivity contribution is -0.132. The van der Waals surface area contributed by atoms with Crippen LogP contribution in [0.2, 0.25) is 0 Å². The summed E-state index contributed by atoms with van der Waals surface area (Å²) in [6, 6.07) is 8.75. The predicted octanol–water partition coefficient (Wildman–Crippen LogP) is 4.75. The SMILES string of the molecule is C=CCOC(=O)c1sc(N2C(=O)C(=O)C(=C(O)c3ccc(OC)c(C)c3)[C@@H]2c2ccc(OC)c(OC)c2)nc1C. The highest BCUT2D eigenvalue weighted by atomic mass is 32.1. The van der Waals surface area contributed by atoms with Gasteiger partial charge in [0.1, 0.15) is 23.0 Å². The number of Topliss-reactive ketones (excluding diaryl/α,β-unsaturated/α-hetero) is 1. The number of aliphatic hydroxyl groups excluding tert-OH is 1. The molecule has 40 heavy (non-hydrogen) atoms. The predicted molar refractivity (Wildman–Crippen MR) is 149 cm³/mol. The van der Waals surface area contributed by atoms with E-state index in [9.17, 15) is 19.5 Å². The number of carbonyl (C=O) groups excluding carboxylic acids is 3. The molecule has 2 aromatic carbocycles. The Hall–Kier alpha value is -4.64. The molecule has 1 aliphatic heterocycles. The molecule has 0 unspecified atom stereocenters. The lowest BCUT2D eigenvalue weighted by Gasteiger charge is -2.24. The summed E-state index contributed by atoms with van der Waals surface area (Å²) in [7, 11) is 4.48. The number of carbonyl (C=O) groups is 3. The van der Waals surface area contributed by atoms with Gasteiger partial charge in [0.15, 0.2) is 16.6 Å². The van der Waals surface area contributed by atoms with E-state index in [2.05, 4.69) is 11.6 Å². The van der Waals surface area contributed by atoms with Gasteiger partial charge in [0.25, 0.3) is 5.78 Å². The number of amides is 1. The smallest absolute Gasteiger partial charge is 0.350 e. The number of hydrogen-bond donors (Lipinski definition) is 1. The third-order valence-electron chi connectivity index (χ3n) is 6.35. The van der Waals surface area contributed by atoms with Crippen LogP contribution < -0.4 is 19.1 Å². The van der Waals surface area contributed by atoms with Crippen LogP contribution >= 0.6 is 11.3 Å². The monoisotopic (exact) mass is 564 g/mol. The topological polar surface area (TPSA) is 124 Å². The van der Waals surface area contributed by atoms with Crippen molar-refractivity contribution in [3.05, 3.63) is 81.9 Å². The van der Waals surface area contributed by atoms with Gasteiger partial charge in [-0.2, -0.15) is 0 Å². The minimum atomic E-state index is -1.09. The standard InChI is InChI=1S/C29H28N2O8S/c1-7-12-39-28(35)26-16(3)30-29(40-26)31-23(17-8-11-20(37-5)21(14-17)38-6)22(25(33)27(31)34)24(32)18-9-10-19(36-4)15(2)13-18/h7-11,13-14,23,32H,1,12H2,2-6H3/t23-/m0/s1. The number of aliphatic hydroxyl groups is 1. The van der Waals surface area contributed by atoms with E-state index in [1.807, 2.05) is 0 Å². The third kappa shape index (κ3) is 5.03. The molecule has 3 aromatic rings. The first-order valence-corrected chi connectivity index (χ1v) is 12.9. The first kappa shape index (κ1) is 28.4. The number of aryl methyl sites for hydroxylation is 2. The summed E-state index contributed by atoms with van der Waals surface area (Å²) >= 11 is 0.910. The van der Waals surface area contributed by atoms with Crippen LogP contribution in [0, 0.1) is 13.8 Å². The van der Waals surface area contributed by atoms with Crippen molar-refractivity contribution in [2.45, 2.75) is 19.9 Å². The molecule has 0 radical (unpaired) electrons. The van der Waals surface area contributed by atoms with Crippen LogP contribution in [0.1, 0.15) is 38.1 Å². The second-order valence-electron chi connectivity index (χ2n) is 8.77. The molecule has 0 spiro atoms. The number of benzene rings is 2. The van der Waals surface area contributed by atoms with E-state index in [1.165, 1.54) is 32.3 Å². The Morgan fingerprint density at radius 1 is 1.05 bits per heavy atom. The van der Waals surface area contributed by atoms with Crippen molar-refractivity contribution in [1.29, 1.82) is 0 Å². The average Bonchev–Trinajstić information content (AvgIpc) is 3.46. The lowest BCUT2D eigenvalue weighted by atomic mass is 9.94. The van der Waals surface area contributed by atoms with Crippen molar-refractivity contribution >= 4 is 39.9 Å². The van der Waals surface area contributed by atoms with Crippen molar-refractivity contribution in [2.75, 3.05) is 32.8 Å². The minimum absolute atomic E-state index is 0.00292. The van der Waals surface area contributed by atoms with E-state index in [1.54, 1.807) is 50.2 Å². The Bertz CT molecular complexity index is 1540. The van der Waals surface area contributed by atoms with Crippen LogP contribution in [0.25, 0.3) is 5.76 Å². The number of ketones is 1. The zero-order chi connectivity index (χ0) is 29.1. The van der Waals surface area contributed by atoms with Gasteiger partial charge in [0, 0.05) is 5.56 Å². The van der Waals surface area contributed by atoms with Gasteiger partial charge in [-0.1, -0.05) is 30.1 Å². The fraction of sp³-hybridized carbons (Fsp3) is 0.241. The number of hydrogen-bond acceptors (Lipinski definition) is 10. The molecule has 1 aliphatic rings. The van der Waals surface area contributed by atoms with Gasteiger partial charge in [-0.15, -0.1) is 0 Å². The molecule has 10 nitrogen and oxygen atoms in total. The number of nitrogens with zero attached hydrogens (tertiary/aromatic N) is 2. The number of thiazole rings is 1. The van der Waals surface area contributed by atoms with Gasteiger partial charge in [-0.3, -0.25) is 14.5 Å². The fourth-order valence-corrected chi connectivity index (χ4v) is 5.41. The molecule has 1 fully saturated rings. The third-order valence-corrected chi connectivity index (χ3v) is 7.48. The first-order valence-electron chi connectivity index (χ1n) is 12.1. The van der Waals surface area contributed by atoms with E-state index in [0.29, 0.717) is 34.1 Å². The van der Waals surface area contributed by atoms with Crippen molar-refractivity contribution in [1.82, 2.24) is 4.98 Å². The quantitative estimate of drug-likeness (QED) is 0.129. The Balaban J connectivity index is 1.93. The highest BCUT2D eigenvalue weighted by Gasteiger charge is 2.48. The molecule has 1 atom stereocenters. The van der Waals surface area contributed by atoms with Gasteiger partial charge < -0.3 is 24.1 Å². The van der Waals surface area contributed by atoms with Gasteiger partial charge in [-0.05, 0) is 55.3 Å². The molecule has 208 valence electrons. The van der Waals surface area contributed by atoms with Crippen LogP contribution in [0.15, 0.2) is 54.6 Å². The summed E-state index contributed by atoms with van der Waals surface area (Å²) in [5.41, 5.74) is 1.68. The molecule has 0 saturated carbocycles. The van der Waals surface area contributed by atoms with Crippen molar-refractivity contribution in [3.8, 4) is 17.2 Å². The van der Waals surface area contributed by atoms with Gasteiger partial charge >= 0.3 is 11.9 Å². The van der Waals surface area contributed by atoms with Gasteiger partial charge in [-0.25, -0.2) is 9.78 Å². The molecule has 0 bridgehead atoms. The fourth-order valence-electron chi connectivity index (χ4n) is 4.42. The maximum Gasteiger partial charge on any atom is 0.350 e. The zero-order valence-corrected chi connectivity index (χ0v) is 23.5. The number of esters is 1. The Morgan fingerprint density at radius 3 is 2.35 bits per heavy atom. The summed E-state index contributed by atoms with van der Waals surface area (Å²) in [5.74, 6) is -1.43. The molecule has 1 amide bonds. The van der Waals surface area contributed by atoms with Crippen molar-refractivity contribution in [2.24, 2.45) is 0 Å². The number of rotatable bonds is 9. The van der Waals surface area contributed by atoms with Crippen molar-refractivity contribution < 1.29 is 38.4 Å². The van der Waals surface area contributed by atoms with E-state index in [0.717, 1.165) is 16.9 Å². The molecular weight excluding hydrogens is 536 g/mol.